The predicted molar refractivity (Wildman–Crippen MR) is 83.8 cm³/mol. The lowest BCUT2D eigenvalue weighted by molar-refractivity contribution is 0.0506. The lowest BCUT2D eigenvalue weighted by atomic mass is 10.1. The minimum absolute atomic E-state index is 0.0522. The minimum Gasteiger partial charge on any atom is -0.461 e. The number of carbonyl (C=O) groups excluding carboxylic acids is 1. The molecule has 1 unspecified atom stereocenters. The lowest BCUT2D eigenvalue weighted by Gasteiger charge is -2.14. The normalized spacial score (nSPS) is 11.5. The molecule has 22 heavy (non-hydrogen) atoms. The van der Waals surface area contributed by atoms with Crippen LogP contribution in [0, 0.1) is 23.4 Å². The zero-order valence-corrected chi connectivity index (χ0v) is 12.8. The molecule has 0 aliphatic heterocycles. The molecule has 0 bridgehead atoms. The SMILES string of the molecule is Cc1ccc(C(=O)OCC(SC#N)c2ccc(F)cc2)cc1. The van der Waals surface area contributed by atoms with Gasteiger partial charge in [-0.25, -0.2) is 9.18 Å². The van der Waals surface area contributed by atoms with E-state index in [0.29, 0.717) is 5.56 Å². The van der Waals surface area contributed by atoms with Crippen LogP contribution in [0.5, 0.6) is 0 Å². The van der Waals surface area contributed by atoms with Gasteiger partial charge >= 0.3 is 5.97 Å². The number of thioether (sulfide) groups is 1. The molecule has 2 aromatic carbocycles. The largest absolute Gasteiger partial charge is 0.461 e. The van der Waals surface area contributed by atoms with Gasteiger partial charge in [0.2, 0.25) is 0 Å². The number of hydrogen-bond donors (Lipinski definition) is 0. The van der Waals surface area contributed by atoms with Crippen LogP contribution in [0.25, 0.3) is 0 Å². The lowest BCUT2D eigenvalue weighted by Crippen LogP contribution is -2.11. The van der Waals surface area contributed by atoms with Gasteiger partial charge in [-0.2, -0.15) is 5.26 Å². The third-order valence-electron chi connectivity index (χ3n) is 3.09. The number of hydrogen-bond acceptors (Lipinski definition) is 4. The molecule has 0 aliphatic rings. The van der Waals surface area contributed by atoms with Crippen molar-refractivity contribution >= 4 is 17.7 Å². The molecular weight excluding hydrogens is 301 g/mol. The van der Waals surface area contributed by atoms with E-state index in [1.807, 2.05) is 24.5 Å². The minimum atomic E-state index is -0.439. The fraction of sp³-hybridized carbons (Fsp3) is 0.176. The number of nitriles is 1. The van der Waals surface area contributed by atoms with Gasteiger partial charge in [0.1, 0.15) is 17.8 Å². The molecule has 1 atom stereocenters. The van der Waals surface area contributed by atoms with Crippen LogP contribution >= 0.6 is 11.8 Å². The first-order chi connectivity index (χ1) is 10.6. The number of esters is 1. The number of nitrogens with zero attached hydrogens (tertiary/aromatic N) is 1. The Bertz CT molecular complexity index is 677. The van der Waals surface area contributed by atoms with E-state index in [2.05, 4.69) is 0 Å². The zero-order valence-electron chi connectivity index (χ0n) is 12.0. The fourth-order valence-corrected chi connectivity index (χ4v) is 2.42. The topological polar surface area (TPSA) is 50.1 Å². The van der Waals surface area contributed by atoms with Crippen molar-refractivity contribution in [1.82, 2.24) is 0 Å². The maximum atomic E-state index is 12.9. The molecule has 0 radical (unpaired) electrons. The summed E-state index contributed by atoms with van der Waals surface area (Å²) in [4.78, 5) is 12.0. The van der Waals surface area contributed by atoms with E-state index in [1.165, 1.54) is 12.1 Å². The summed E-state index contributed by atoms with van der Waals surface area (Å²) in [7, 11) is 0. The van der Waals surface area contributed by atoms with E-state index in [-0.39, 0.29) is 17.7 Å². The first-order valence-electron chi connectivity index (χ1n) is 6.64. The summed E-state index contributed by atoms with van der Waals surface area (Å²) in [5, 5.41) is 10.5. The molecule has 0 heterocycles. The molecule has 0 aliphatic carbocycles. The van der Waals surface area contributed by atoms with Gasteiger partial charge in [-0.3, -0.25) is 0 Å². The van der Waals surface area contributed by atoms with Gasteiger partial charge in [-0.05, 0) is 48.5 Å². The molecule has 0 saturated carbocycles. The van der Waals surface area contributed by atoms with Gasteiger partial charge in [0.15, 0.2) is 0 Å². The Labute approximate surface area is 132 Å². The summed E-state index contributed by atoms with van der Waals surface area (Å²) in [6, 6.07) is 12.9. The molecule has 2 aromatic rings. The van der Waals surface area contributed by atoms with Crippen molar-refractivity contribution in [3.63, 3.8) is 0 Å². The number of thiocyanates is 1. The molecule has 0 amide bonds. The number of aryl methyl sites for hydroxylation is 1. The molecule has 0 aromatic heterocycles. The Balaban J connectivity index is 2.02. The highest BCUT2D eigenvalue weighted by atomic mass is 32.2. The quantitative estimate of drug-likeness (QED) is 0.611. The number of ether oxygens (including phenoxy) is 1. The van der Waals surface area contributed by atoms with Crippen LogP contribution in [0.1, 0.15) is 26.7 Å². The van der Waals surface area contributed by atoms with E-state index >= 15 is 0 Å². The number of carbonyl (C=O) groups is 1. The Morgan fingerprint density at radius 2 is 1.86 bits per heavy atom. The van der Waals surface area contributed by atoms with Crippen molar-refractivity contribution in [3.8, 4) is 5.40 Å². The highest BCUT2D eigenvalue weighted by Gasteiger charge is 2.16. The molecule has 5 heteroatoms. The molecule has 3 nitrogen and oxygen atoms in total. The van der Waals surface area contributed by atoms with Crippen LogP contribution in [-0.4, -0.2) is 12.6 Å². The van der Waals surface area contributed by atoms with Gasteiger partial charge in [-0.15, -0.1) is 0 Å². The molecule has 0 fully saturated rings. The third-order valence-corrected chi connectivity index (χ3v) is 3.89. The first kappa shape index (κ1) is 16.1. The summed E-state index contributed by atoms with van der Waals surface area (Å²) in [5.41, 5.74) is 2.26. The number of rotatable bonds is 5. The van der Waals surface area contributed by atoms with Crippen LogP contribution in [-0.2, 0) is 4.74 Å². The molecule has 0 spiro atoms. The molecule has 0 N–H and O–H groups in total. The van der Waals surface area contributed by atoms with Crippen LogP contribution in [0.2, 0.25) is 0 Å². The summed E-state index contributed by atoms with van der Waals surface area (Å²) in [6.07, 6.45) is 0. The highest BCUT2D eigenvalue weighted by molar-refractivity contribution is 8.03. The Morgan fingerprint density at radius 3 is 2.45 bits per heavy atom. The second-order valence-electron chi connectivity index (χ2n) is 4.71. The van der Waals surface area contributed by atoms with E-state index in [1.54, 1.807) is 24.3 Å². The predicted octanol–water partition coefficient (Wildman–Crippen LogP) is 4.25. The average Bonchev–Trinajstić information content (AvgIpc) is 2.53. The van der Waals surface area contributed by atoms with Gasteiger partial charge in [0, 0.05) is 0 Å². The van der Waals surface area contributed by atoms with E-state index < -0.39 is 5.97 Å². The molecule has 112 valence electrons. The van der Waals surface area contributed by atoms with Crippen LogP contribution < -0.4 is 0 Å². The summed E-state index contributed by atoms with van der Waals surface area (Å²) < 4.78 is 18.2. The van der Waals surface area contributed by atoms with E-state index in [9.17, 15) is 9.18 Å². The number of benzene rings is 2. The van der Waals surface area contributed by atoms with Crippen LogP contribution in [0.3, 0.4) is 0 Å². The Hall–Kier alpha value is -2.32. The van der Waals surface area contributed by atoms with Gasteiger partial charge < -0.3 is 4.74 Å². The summed E-state index contributed by atoms with van der Waals surface area (Å²) in [6.45, 7) is 1.99. The third kappa shape index (κ3) is 4.34. The van der Waals surface area contributed by atoms with E-state index in [0.717, 1.165) is 22.9 Å². The van der Waals surface area contributed by atoms with Crippen molar-refractivity contribution in [3.05, 3.63) is 71.0 Å². The number of halogens is 1. The standard InChI is InChI=1S/C17H14FNO2S/c1-12-2-4-14(5-3-12)17(20)21-10-16(22-11-19)13-6-8-15(18)9-7-13/h2-9,16H,10H2,1H3. The van der Waals surface area contributed by atoms with Crippen molar-refractivity contribution in [2.24, 2.45) is 0 Å². The Kier molecular flexibility index (Phi) is 5.56. The van der Waals surface area contributed by atoms with E-state index in [4.69, 9.17) is 10.00 Å². The van der Waals surface area contributed by atoms with Crippen molar-refractivity contribution < 1.29 is 13.9 Å². The fourth-order valence-electron chi connectivity index (χ4n) is 1.86. The summed E-state index contributed by atoms with van der Waals surface area (Å²) >= 11 is 0.981. The van der Waals surface area contributed by atoms with Crippen molar-refractivity contribution in [2.45, 2.75) is 12.2 Å². The van der Waals surface area contributed by atoms with Crippen LogP contribution in [0.4, 0.5) is 4.39 Å². The first-order valence-corrected chi connectivity index (χ1v) is 7.52. The average molecular weight is 315 g/mol. The van der Waals surface area contributed by atoms with Gasteiger partial charge in [0.25, 0.3) is 0 Å². The smallest absolute Gasteiger partial charge is 0.338 e. The van der Waals surface area contributed by atoms with Crippen molar-refractivity contribution in [2.75, 3.05) is 6.61 Å². The maximum Gasteiger partial charge on any atom is 0.338 e. The van der Waals surface area contributed by atoms with Gasteiger partial charge in [0.05, 0.1) is 10.8 Å². The second kappa shape index (κ2) is 7.62. The molecule has 2 rings (SSSR count). The molecule has 0 saturated heterocycles. The zero-order chi connectivity index (χ0) is 15.9. The Morgan fingerprint density at radius 1 is 1.23 bits per heavy atom. The van der Waals surface area contributed by atoms with Gasteiger partial charge in [-0.1, -0.05) is 29.8 Å². The van der Waals surface area contributed by atoms with Crippen LogP contribution in [0.15, 0.2) is 48.5 Å². The van der Waals surface area contributed by atoms with Crippen molar-refractivity contribution in [1.29, 1.82) is 5.26 Å². The highest BCUT2D eigenvalue weighted by Crippen LogP contribution is 2.28. The molecular formula is C17H14FNO2S. The monoisotopic (exact) mass is 315 g/mol. The summed E-state index contributed by atoms with van der Waals surface area (Å²) in [5.74, 6) is -0.785. The maximum absolute atomic E-state index is 12.9. The second-order valence-corrected chi connectivity index (χ2v) is 5.70.